The van der Waals surface area contributed by atoms with E-state index < -0.39 is 6.10 Å². The monoisotopic (exact) mass is 991 g/mol. The van der Waals surface area contributed by atoms with Crippen molar-refractivity contribution in [2.45, 2.75) is 309 Å². The molecule has 0 radical (unpaired) electrons. The standard InChI is InChI=1S/C65H114O6/c1-4-7-10-13-16-19-22-24-26-28-29-30-31-32-33-34-35-37-38-40-43-46-49-52-55-58-64(67)70-61-62(60-69-63(66)57-54-51-48-45-42-21-18-15-12-9-6-3)71-65(68)59-56-53-50-47-44-41-39-36-27-25-23-20-17-14-11-8-5-2/h7,10,16,19,24-27,29-30,32-33,62H,4-6,8-9,11-15,17-18,20-23,28,31,34-61H2,1-3H3/b10-7-,19-16-,26-24-,27-25-,30-29-,33-32-. The van der Waals surface area contributed by atoms with E-state index in [2.05, 4.69) is 93.7 Å². The molecule has 6 nitrogen and oxygen atoms in total. The minimum atomic E-state index is -0.778. The number of rotatable bonds is 55. The van der Waals surface area contributed by atoms with E-state index in [0.717, 1.165) is 96.3 Å². The van der Waals surface area contributed by atoms with Gasteiger partial charge in [-0.2, -0.15) is 0 Å². The van der Waals surface area contributed by atoms with Gasteiger partial charge in [0, 0.05) is 19.3 Å². The van der Waals surface area contributed by atoms with Crippen LogP contribution in [0.3, 0.4) is 0 Å². The zero-order valence-corrected chi connectivity index (χ0v) is 47.0. The fraction of sp³-hybridized carbons (Fsp3) is 0.769. The summed E-state index contributed by atoms with van der Waals surface area (Å²) in [4.78, 5) is 38.2. The predicted octanol–water partition coefficient (Wildman–Crippen LogP) is 20.5. The Balaban J connectivity index is 4.29. The summed E-state index contributed by atoms with van der Waals surface area (Å²) < 4.78 is 16.9. The van der Waals surface area contributed by atoms with E-state index in [1.54, 1.807) is 0 Å². The molecular formula is C65H114O6. The summed E-state index contributed by atoms with van der Waals surface area (Å²) in [6.07, 6.45) is 76.1. The minimum absolute atomic E-state index is 0.0759. The average Bonchev–Trinajstić information content (AvgIpc) is 3.37. The van der Waals surface area contributed by atoms with Crippen LogP contribution in [0.4, 0.5) is 0 Å². The van der Waals surface area contributed by atoms with Gasteiger partial charge in [0.15, 0.2) is 6.10 Å². The van der Waals surface area contributed by atoms with Gasteiger partial charge in [-0.25, -0.2) is 0 Å². The molecule has 0 fully saturated rings. The van der Waals surface area contributed by atoms with Crippen LogP contribution in [0.2, 0.25) is 0 Å². The fourth-order valence-corrected chi connectivity index (χ4v) is 8.64. The highest BCUT2D eigenvalue weighted by Gasteiger charge is 2.19. The van der Waals surface area contributed by atoms with Crippen molar-refractivity contribution >= 4 is 17.9 Å². The molecule has 0 bridgehead atoms. The van der Waals surface area contributed by atoms with Crippen molar-refractivity contribution in [1.82, 2.24) is 0 Å². The lowest BCUT2D eigenvalue weighted by Gasteiger charge is -2.18. The van der Waals surface area contributed by atoms with E-state index in [0.29, 0.717) is 19.3 Å². The van der Waals surface area contributed by atoms with Gasteiger partial charge in [0.1, 0.15) is 13.2 Å². The highest BCUT2D eigenvalue weighted by molar-refractivity contribution is 5.71. The smallest absolute Gasteiger partial charge is 0.306 e. The molecule has 0 aromatic heterocycles. The van der Waals surface area contributed by atoms with Crippen molar-refractivity contribution < 1.29 is 28.6 Å². The number of hydrogen-bond donors (Lipinski definition) is 0. The molecule has 0 aliphatic heterocycles. The van der Waals surface area contributed by atoms with Crippen molar-refractivity contribution in [2.24, 2.45) is 0 Å². The Kier molecular flexibility index (Phi) is 56.8. The molecule has 0 heterocycles. The van der Waals surface area contributed by atoms with Crippen LogP contribution >= 0.6 is 0 Å². The molecule has 0 aliphatic rings. The lowest BCUT2D eigenvalue weighted by Crippen LogP contribution is -2.30. The van der Waals surface area contributed by atoms with Crippen LogP contribution < -0.4 is 0 Å². The number of ether oxygens (including phenoxy) is 3. The summed E-state index contributed by atoms with van der Waals surface area (Å²) in [5, 5.41) is 0. The van der Waals surface area contributed by atoms with Gasteiger partial charge in [0.25, 0.3) is 0 Å². The third-order valence-corrected chi connectivity index (χ3v) is 13.2. The Hall–Kier alpha value is -3.15. The zero-order valence-electron chi connectivity index (χ0n) is 47.0. The van der Waals surface area contributed by atoms with Crippen molar-refractivity contribution in [3.05, 3.63) is 72.9 Å². The summed E-state index contributed by atoms with van der Waals surface area (Å²) >= 11 is 0. The quantitative estimate of drug-likeness (QED) is 0.0261. The molecule has 1 unspecified atom stereocenters. The third kappa shape index (κ3) is 57.6. The molecule has 0 rings (SSSR count). The highest BCUT2D eigenvalue weighted by Crippen LogP contribution is 2.16. The van der Waals surface area contributed by atoms with E-state index in [1.165, 1.54) is 167 Å². The first-order chi connectivity index (χ1) is 35.0. The lowest BCUT2D eigenvalue weighted by molar-refractivity contribution is -0.167. The number of allylic oxidation sites excluding steroid dienone is 12. The van der Waals surface area contributed by atoms with Gasteiger partial charge in [0.05, 0.1) is 0 Å². The van der Waals surface area contributed by atoms with E-state index in [-0.39, 0.29) is 31.1 Å². The predicted molar refractivity (Wildman–Crippen MR) is 307 cm³/mol. The molecule has 0 saturated carbocycles. The van der Waals surface area contributed by atoms with E-state index in [1.807, 2.05) is 0 Å². The van der Waals surface area contributed by atoms with Crippen LogP contribution in [0.1, 0.15) is 303 Å². The molecule has 0 spiro atoms. The van der Waals surface area contributed by atoms with Crippen LogP contribution in [0.25, 0.3) is 0 Å². The van der Waals surface area contributed by atoms with Gasteiger partial charge < -0.3 is 14.2 Å². The second-order valence-corrected chi connectivity index (χ2v) is 20.2. The van der Waals surface area contributed by atoms with Gasteiger partial charge in [-0.1, -0.05) is 267 Å². The maximum Gasteiger partial charge on any atom is 0.306 e. The molecule has 0 saturated heterocycles. The second kappa shape index (κ2) is 59.4. The third-order valence-electron chi connectivity index (χ3n) is 13.2. The molecule has 0 amide bonds. The Bertz CT molecular complexity index is 1320. The lowest BCUT2D eigenvalue weighted by atomic mass is 10.1. The molecule has 6 heteroatoms. The molecule has 0 aliphatic carbocycles. The van der Waals surface area contributed by atoms with Gasteiger partial charge >= 0.3 is 17.9 Å². The number of carbonyl (C=O) groups is 3. The van der Waals surface area contributed by atoms with Crippen LogP contribution in [0.15, 0.2) is 72.9 Å². The van der Waals surface area contributed by atoms with E-state index >= 15 is 0 Å². The Labute approximate surface area is 440 Å². The molecular weight excluding hydrogens is 877 g/mol. The maximum absolute atomic E-state index is 12.9. The number of carbonyl (C=O) groups excluding carboxylic acids is 3. The minimum Gasteiger partial charge on any atom is -0.462 e. The van der Waals surface area contributed by atoms with Crippen LogP contribution in [-0.2, 0) is 28.6 Å². The molecule has 71 heavy (non-hydrogen) atoms. The molecule has 0 aromatic carbocycles. The summed E-state index contributed by atoms with van der Waals surface area (Å²) in [6.45, 7) is 6.53. The first-order valence-electron chi connectivity index (χ1n) is 30.4. The highest BCUT2D eigenvalue weighted by atomic mass is 16.6. The average molecular weight is 992 g/mol. The van der Waals surface area contributed by atoms with Crippen LogP contribution in [0.5, 0.6) is 0 Å². The molecule has 1 atom stereocenters. The molecule has 0 aromatic rings. The zero-order chi connectivity index (χ0) is 51.4. The number of hydrogen-bond acceptors (Lipinski definition) is 6. The van der Waals surface area contributed by atoms with Crippen LogP contribution in [0, 0.1) is 0 Å². The van der Waals surface area contributed by atoms with E-state index in [4.69, 9.17) is 14.2 Å². The first kappa shape index (κ1) is 67.8. The van der Waals surface area contributed by atoms with Gasteiger partial charge in [-0.05, 0) is 89.9 Å². The molecule has 410 valence electrons. The normalized spacial score (nSPS) is 12.5. The Morgan fingerprint density at radius 1 is 0.296 bits per heavy atom. The SMILES string of the molecule is CC/C=C\C/C=C\C/C=C\C/C=C\C/C=C\CCCCCCCCCCCC(=O)OCC(COC(=O)CCCCCCCCCCCCC)OC(=O)CCCCCCCCC/C=C\CCCCCCCC. The van der Waals surface area contributed by atoms with Crippen molar-refractivity contribution in [3.8, 4) is 0 Å². The van der Waals surface area contributed by atoms with Gasteiger partial charge in [-0.15, -0.1) is 0 Å². The Morgan fingerprint density at radius 3 is 0.873 bits per heavy atom. The topological polar surface area (TPSA) is 78.9 Å². The van der Waals surface area contributed by atoms with Gasteiger partial charge in [-0.3, -0.25) is 14.4 Å². The van der Waals surface area contributed by atoms with Crippen LogP contribution in [-0.4, -0.2) is 37.2 Å². The first-order valence-corrected chi connectivity index (χ1v) is 30.4. The maximum atomic E-state index is 12.9. The summed E-state index contributed by atoms with van der Waals surface area (Å²) in [5.41, 5.74) is 0. The van der Waals surface area contributed by atoms with Gasteiger partial charge in [0.2, 0.25) is 0 Å². The summed E-state index contributed by atoms with van der Waals surface area (Å²) in [7, 11) is 0. The van der Waals surface area contributed by atoms with Crippen molar-refractivity contribution in [3.63, 3.8) is 0 Å². The Morgan fingerprint density at radius 2 is 0.549 bits per heavy atom. The van der Waals surface area contributed by atoms with Crippen molar-refractivity contribution in [1.29, 1.82) is 0 Å². The fourth-order valence-electron chi connectivity index (χ4n) is 8.64. The molecule has 0 N–H and O–H groups in total. The van der Waals surface area contributed by atoms with E-state index in [9.17, 15) is 14.4 Å². The summed E-state index contributed by atoms with van der Waals surface area (Å²) in [5.74, 6) is -0.876. The van der Waals surface area contributed by atoms with Crippen molar-refractivity contribution in [2.75, 3.05) is 13.2 Å². The largest absolute Gasteiger partial charge is 0.462 e. The number of unbranched alkanes of at least 4 members (excludes halogenated alkanes) is 32. The summed E-state index contributed by atoms with van der Waals surface area (Å²) in [6, 6.07) is 0. The number of esters is 3. The second-order valence-electron chi connectivity index (χ2n) is 20.2.